The Morgan fingerprint density at radius 1 is 1.16 bits per heavy atom. The monoisotopic (exact) mass is 358 g/mol. The third-order valence-electron chi connectivity index (χ3n) is 3.56. The van der Waals surface area contributed by atoms with Crippen molar-refractivity contribution < 1.29 is 14.3 Å². The van der Waals surface area contributed by atoms with Gasteiger partial charge in [-0.25, -0.2) is 4.79 Å². The zero-order valence-electron chi connectivity index (χ0n) is 14.2. The molecule has 0 saturated carbocycles. The van der Waals surface area contributed by atoms with Crippen LogP contribution in [0.4, 0.5) is 0 Å². The predicted octanol–water partition coefficient (Wildman–Crippen LogP) is 2.85. The van der Waals surface area contributed by atoms with Gasteiger partial charge in [0.1, 0.15) is 0 Å². The molecule has 5 nitrogen and oxygen atoms in total. The quantitative estimate of drug-likeness (QED) is 0.551. The number of carbonyl (C=O) groups excluding carboxylic acids is 2. The van der Waals surface area contributed by atoms with E-state index in [2.05, 4.69) is 15.0 Å². The number of esters is 1. The van der Waals surface area contributed by atoms with E-state index in [0.717, 1.165) is 29.2 Å². The number of carbonyl (C=O) groups is 2. The highest BCUT2D eigenvalue weighted by Crippen LogP contribution is 2.10. The Morgan fingerprint density at radius 3 is 2.64 bits per heavy atom. The summed E-state index contributed by atoms with van der Waals surface area (Å²) in [7, 11) is 1.36. The third kappa shape index (κ3) is 6.97. The van der Waals surface area contributed by atoms with Crippen LogP contribution in [0.15, 0.2) is 48.7 Å². The molecule has 1 heterocycles. The van der Waals surface area contributed by atoms with Crippen LogP contribution in [0.25, 0.3) is 0 Å². The number of methoxy groups -OCH3 is 1. The van der Waals surface area contributed by atoms with Crippen LogP contribution in [0.5, 0.6) is 0 Å². The highest BCUT2D eigenvalue weighted by molar-refractivity contribution is 7.98. The van der Waals surface area contributed by atoms with Gasteiger partial charge in [0.25, 0.3) is 0 Å². The maximum absolute atomic E-state index is 11.8. The van der Waals surface area contributed by atoms with Gasteiger partial charge >= 0.3 is 5.97 Å². The molecule has 2 rings (SSSR count). The molecule has 0 bridgehead atoms. The number of nitrogens with one attached hydrogen (secondary N) is 1. The molecule has 1 N–H and O–H groups in total. The molecule has 6 heteroatoms. The molecule has 2 aromatic rings. The number of hydrogen-bond donors (Lipinski definition) is 1. The lowest BCUT2D eigenvalue weighted by atomic mass is 10.1. The molecular formula is C19H22N2O3S. The molecule has 0 radical (unpaired) electrons. The van der Waals surface area contributed by atoms with Gasteiger partial charge in [0.15, 0.2) is 0 Å². The number of amides is 1. The van der Waals surface area contributed by atoms with E-state index in [-0.39, 0.29) is 11.9 Å². The van der Waals surface area contributed by atoms with Crippen LogP contribution in [0.3, 0.4) is 0 Å². The van der Waals surface area contributed by atoms with E-state index < -0.39 is 0 Å². The lowest BCUT2D eigenvalue weighted by Crippen LogP contribution is -2.25. The predicted molar refractivity (Wildman–Crippen MR) is 99.5 cm³/mol. The summed E-state index contributed by atoms with van der Waals surface area (Å²) in [6.45, 7) is 0.585. The van der Waals surface area contributed by atoms with Gasteiger partial charge in [-0.3, -0.25) is 9.78 Å². The lowest BCUT2D eigenvalue weighted by molar-refractivity contribution is -0.120. The first-order valence-corrected chi connectivity index (χ1v) is 9.26. The van der Waals surface area contributed by atoms with Crippen LogP contribution in [-0.2, 0) is 21.7 Å². The summed E-state index contributed by atoms with van der Waals surface area (Å²) in [5.74, 6) is 1.31. The van der Waals surface area contributed by atoms with Crippen molar-refractivity contribution in [2.24, 2.45) is 0 Å². The smallest absolute Gasteiger partial charge is 0.337 e. The van der Waals surface area contributed by atoms with Crippen molar-refractivity contribution in [2.45, 2.75) is 18.6 Å². The van der Waals surface area contributed by atoms with Gasteiger partial charge in [-0.15, -0.1) is 0 Å². The van der Waals surface area contributed by atoms with Gasteiger partial charge in [-0.2, -0.15) is 11.8 Å². The molecule has 132 valence electrons. The Labute approximate surface area is 152 Å². The standard InChI is InChI=1S/C19H22N2O3S/c1-24-19(23)16-7-5-15(6-8-16)9-12-21-18(22)10-13-25-14-17-4-2-3-11-20-17/h2-8,11H,9-10,12-14H2,1H3,(H,21,22). The zero-order chi connectivity index (χ0) is 17.9. The molecule has 0 aliphatic rings. The fourth-order valence-electron chi connectivity index (χ4n) is 2.19. The Kier molecular flexibility index (Phi) is 7.98. The second-order valence-corrected chi connectivity index (χ2v) is 6.52. The van der Waals surface area contributed by atoms with E-state index in [1.807, 2.05) is 30.3 Å². The zero-order valence-corrected chi connectivity index (χ0v) is 15.1. The number of ether oxygens (including phenoxy) is 1. The Balaban J connectivity index is 1.59. The van der Waals surface area contributed by atoms with Crippen molar-refractivity contribution >= 4 is 23.6 Å². The molecule has 1 aromatic carbocycles. The van der Waals surface area contributed by atoms with Gasteiger partial charge in [-0.05, 0) is 36.2 Å². The molecule has 0 unspecified atom stereocenters. The second kappa shape index (κ2) is 10.5. The summed E-state index contributed by atoms with van der Waals surface area (Å²) >= 11 is 1.70. The van der Waals surface area contributed by atoms with Crippen LogP contribution in [-0.4, -0.2) is 36.3 Å². The molecule has 25 heavy (non-hydrogen) atoms. The minimum atomic E-state index is -0.344. The van der Waals surface area contributed by atoms with Gasteiger partial charge in [0.2, 0.25) is 5.91 Å². The highest BCUT2D eigenvalue weighted by Gasteiger charge is 2.05. The second-order valence-electron chi connectivity index (χ2n) is 5.41. The number of hydrogen-bond acceptors (Lipinski definition) is 5. The summed E-state index contributed by atoms with van der Waals surface area (Å²) in [6.07, 6.45) is 3.01. The van der Waals surface area contributed by atoms with Crippen LogP contribution in [0, 0.1) is 0 Å². The Bertz CT molecular complexity index is 675. The van der Waals surface area contributed by atoms with E-state index in [0.29, 0.717) is 18.5 Å². The largest absolute Gasteiger partial charge is 0.465 e. The molecule has 1 aromatic heterocycles. The number of aromatic nitrogens is 1. The van der Waals surface area contributed by atoms with Crippen LogP contribution >= 0.6 is 11.8 Å². The van der Waals surface area contributed by atoms with Crippen molar-refractivity contribution in [3.63, 3.8) is 0 Å². The molecule has 0 saturated heterocycles. The summed E-state index contributed by atoms with van der Waals surface area (Å²) in [4.78, 5) is 27.4. The maximum atomic E-state index is 11.8. The highest BCUT2D eigenvalue weighted by atomic mass is 32.2. The number of benzene rings is 1. The molecule has 0 spiro atoms. The Morgan fingerprint density at radius 2 is 1.96 bits per heavy atom. The summed E-state index contributed by atoms with van der Waals surface area (Å²) in [6, 6.07) is 13.1. The number of pyridine rings is 1. The van der Waals surface area contributed by atoms with Crippen molar-refractivity contribution in [3.8, 4) is 0 Å². The average molecular weight is 358 g/mol. The molecule has 0 aliphatic heterocycles. The molecule has 0 atom stereocenters. The van der Waals surface area contributed by atoms with Crippen LogP contribution in [0.1, 0.15) is 28.0 Å². The SMILES string of the molecule is COC(=O)c1ccc(CCNC(=O)CCSCc2ccccn2)cc1. The van der Waals surface area contributed by atoms with Crippen molar-refractivity contribution in [1.82, 2.24) is 10.3 Å². The topological polar surface area (TPSA) is 68.3 Å². The molecule has 1 amide bonds. The third-order valence-corrected chi connectivity index (χ3v) is 4.55. The molecule has 0 aliphatic carbocycles. The number of rotatable bonds is 9. The first kappa shape index (κ1) is 19.0. The van der Waals surface area contributed by atoms with Crippen molar-refractivity contribution in [2.75, 3.05) is 19.4 Å². The fraction of sp³-hybridized carbons (Fsp3) is 0.316. The Hall–Kier alpha value is -2.34. The van der Waals surface area contributed by atoms with Crippen molar-refractivity contribution in [1.29, 1.82) is 0 Å². The number of nitrogens with zero attached hydrogens (tertiary/aromatic N) is 1. The van der Waals surface area contributed by atoms with Crippen LogP contribution in [0.2, 0.25) is 0 Å². The normalized spacial score (nSPS) is 10.3. The first-order valence-electron chi connectivity index (χ1n) is 8.10. The minimum Gasteiger partial charge on any atom is -0.465 e. The van der Waals surface area contributed by atoms with E-state index in [4.69, 9.17) is 0 Å². The summed E-state index contributed by atoms with van der Waals surface area (Å²) < 4.78 is 4.66. The van der Waals surface area contributed by atoms with E-state index in [1.54, 1.807) is 30.1 Å². The number of thioether (sulfide) groups is 1. The maximum Gasteiger partial charge on any atom is 0.337 e. The van der Waals surface area contributed by atoms with Crippen molar-refractivity contribution in [3.05, 3.63) is 65.5 Å². The molecule has 0 fully saturated rings. The van der Waals surface area contributed by atoms with E-state index >= 15 is 0 Å². The van der Waals surface area contributed by atoms with Gasteiger partial charge in [0, 0.05) is 30.7 Å². The van der Waals surface area contributed by atoms with E-state index in [1.165, 1.54) is 7.11 Å². The first-order chi connectivity index (χ1) is 12.2. The van der Waals surface area contributed by atoms with Gasteiger partial charge in [0.05, 0.1) is 18.4 Å². The van der Waals surface area contributed by atoms with E-state index in [9.17, 15) is 9.59 Å². The summed E-state index contributed by atoms with van der Waals surface area (Å²) in [5, 5.41) is 2.92. The van der Waals surface area contributed by atoms with Crippen LogP contribution < -0.4 is 5.32 Å². The minimum absolute atomic E-state index is 0.0553. The lowest BCUT2D eigenvalue weighted by Gasteiger charge is -2.06. The van der Waals surface area contributed by atoms with Gasteiger partial charge < -0.3 is 10.1 Å². The fourth-order valence-corrected chi connectivity index (χ4v) is 3.04. The molecular weight excluding hydrogens is 336 g/mol. The average Bonchev–Trinajstić information content (AvgIpc) is 2.66. The van der Waals surface area contributed by atoms with Gasteiger partial charge in [-0.1, -0.05) is 18.2 Å². The summed E-state index contributed by atoms with van der Waals surface area (Å²) in [5.41, 5.74) is 2.63.